The van der Waals surface area contributed by atoms with E-state index < -0.39 is 0 Å². The molecule has 0 aromatic heterocycles. The minimum absolute atomic E-state index is 0.0806. The van der Waals surface area contributed by atoms with Gasteiger partial charge in [-0.15, -0.1) is 0 Å². The summed E-state index contributed by atoms with van der Waals surface area (Å²) in [7, 11) is 1.82. The first-order chi connectivity index (χ1) is 11.1. The Kier molecular flexibility index (Phi) is 5.14. The van der Waals surface area contributed by atoms with E-state index in [9.17, 15) is 4.39 Å². The molecule has 2 N–H and O–H groups in total. The predicted octanol–water partition coefficient (Wildman–Crippen LogP) is 3.31. The molecule has 2 aliphatic carbocycles. The summed E-state index contributed by atoms with van der Waals surface area (Å²) in [6, 6.07) is 7.54. The highest BCUT2D eigenvalue weighted by Crippen LogP contribution is 2.47. The normalized spacial score (nSPS) is 26.1. The van der Waals surface area contributed by atoms with Gasteiger partial charge >= 0.3 is 0 Å². The number of hydrogen-bond acceptors (Lipinski definition) is 2. The Bertz CT molecular complexity index is 571. The third-order valence-electron chi connectivity index (χ3n) is 5.17. The van der Waals surface area contributed by atoms with Crippen LogP contribution in [0.1, 0.15) is 37.7 Å². The van der Waals surface area contributed by atoms with Gasteiger partial charge in [-0.1, -0.05) is 12.1 Å². The molecule has 0 radical (unpaired) electrons. The molecular weight excluding hydrogens is 309 g/mol. The summed E-state index contributed by atoms with van der Waals surface area (Å²) in [5, 5.41) is 7.78. The maximum atomic E-state index is 13.5. The van der Waals surface area contributed by atoms with Gasteiger partial charge in [-0.2, -0.15) is 11.8 Å². The Morgan fingerprint density at radius 2 is 2.22 bits per heavy atom. The second kappa shape index (κ2) is 7.12. The average molecular weight is 335 g/mol. The zero-order valence-corrected chi connectivity index (χ0v) is 14.8. The van der Waals surface area contributed by atoms with E-state index in [1.807, 2.05) is 24.9 Å². The third-order valence-corrected chi connectivity index (χ3v) is 6.26. The molecule has 3 rings (SSSR count). The molecule has 23 heavy (non-hydrogen) atoms. The zero-order chi connectivity index (χ0) is 16.3. The number of benzene rings is 1. The van der Waals surface area contributed by atoms with Gasteiger partial charge in [-0.25, -0.2) is 4.39 Å². The topological polar surface area (TPSA) is 36.4 Å². The Hall–Kier alpha value is -1.23. The van der Waals surface area contributed by atoms with Gasteiger partial charge in [0.1, 0.15) is 5.82 Å². The summed E-state index contributed by atoms with van der Waals surface area (Å²) in [5.74, 6) is 0.727. The monoisotopic (exact) mass is 335 g/mol. The number of thioether (sulfide) groups is 1. The number of hydrogen-bond donors (Lipinski definition) is 2. The second-order valence-electron chi connectivity index (χ2n) is 6.73. The van der Waals surface area contributed by atoms with Crippen molar-refractivity contribution in [2.75, 3.05) is 19.8 Å². The molecule has 0 heterocycles. The largest absolute Gasteiger partial charge is 0.356 e. The molecule has 1 aromatic carbocycles. The van der Waals surface area contributed by atoms with E-state index in [2.05, 4.69) is 21.9 Å². The first-order valence-corrected chi connectivity index (χ1v) is 9.70. The van der Waals surface area contributed by atoms with Crippen LogP contribution in [0.2, 0.25) is 0 Å². The van der Waals surface area contributed by atoms with Crippen LogP contribution in [0, 0.1) is 5.82 Å². The van der Waals surface area contributed by atoms with E-state index in [0.717, 1.165) is 36.2 Å². The first kappa shape index (κ1) is 16.6. The minimum atomic E-state index is -0.148. The van der Waals surface area contributed by atoms with Crippen molar-refractivity contribution in [1.29, 1.82) is 0 Å². The van der Waals surface area contributed by atoms with Crippen LogP contribution < -0.4 is 10.6 Å². The zero-order valence-electron chi connectivity index (χ0n) is 13.9. The fourth-order valence-electron chi connectivity index (χ4n) is 3.46. The quantitative estimate of drug-likeness (QED) is 0.640. The van der Waals surface area contributed by atoms with Crippen molar-refractivity contribution in [1.82, 2.24) is 10.6 Å². The van der Waals surface area contributed by atoms with Crippen LogP contribution >= 0.6 is 11.8 Å². The number of rotatable bonds is 5. The molecule has 3 nitrogen and oxygen atoms in total. The molecule has 2 fully saturated rings. The highest BCUT2D eigenvalue weighted by Gasteiger charge is 2.44. The molecule has 0 amide bonds. The van der Waals surface area contributed by atoms with Crippen molar-refractivity contribution < 1.29 is 4.39 Å². The fraction of sp³-hybridized carbons (Fsp3) is 0.611. The second-order valence-corrected chi connectivity index (χ2v) is 7.87. The van der Waals surface area contributed by atoms with E-state index in [0.29, 0.717) is 6.04 Å². The van der Waals surface area contributed by atoms with Gasteiger partial charge < -0.3 is 10.6 Å². The van der Waals surface area contributed by atoms with Gasteiger partial charge in [-0.3, -0.25) is 4.99 Å². The van der Waals surface area contributed by atoms with Crippen LogP contribution in [-0.4, -0.2) is 37.1 Å². The van der Waals surface area contributed by atoms with E-state index >= 15 is 0 Å². The molecule has 2 saturated carbocycles. The summed E-state index contributed by atoms with van der Waals surface area (Å²) in [5.41, 5.74) is 1.18. The fourth-order valence-corrected chi connectivity index (χ4v) is 4.26. The van der Waals surface area contributed by atoms with E-state index in [1.54, 1.807) is 12.1 Å². The SMILES string of the molecule is CN=C(NCC1(c2cccc(F)c2)CC1)NC1CCC(SC)C1. The average Bonchev–Trinajstić information content (AvgIpc) is 3.23. The Morgan fingerprint density at radius 1 is 1.39 bits per heavy atom. The molecule has 0 saturated heterocycles. The van der Waals surface area contributed by atoms with Gasteiger partial charge in [-0.05, 0) is 56.1 Å². The van der Waals surface area contributed by atoms with E-state index in [4.69, 9.17) is 0 Å². The highest BCUT2D eigenvalue weighted by molar-refractivity contribution is 7.99. The summed E-state index contributed by atoms with van der Waals surface area (Å²) < 4.78 is 13.5. The van der Waals surface area contributed by atoms with Crippen molar-refractivity contribution in [2.45, 2.75) is 48.8 Å². The smallest absolute Gasteiger partial charge is 0.191 e. The van der Waals surface area contributed by atoms with Crippen LogP contribution in [0.25, 0.3) is 0 Å². The Labute approximate surface area is 142 Å². The lowest BCUT2D eigenvalue weighted by Gasteiger charge is -2.21. The molecule has 0 bridgehead atoms. The van der Waals surface area contributed by atoms with Crippen molar-refractivity contribution in [3.05, 3.63) is 35.6 Å². The van der Waals surface area contributed by atoms with Crippen LogP contribution in [0.15, 0.2) is 29.3 Å². The number of nitrogens with zero attached hydrogens (tertiary/aromatic N) is 1. The summed E-state index contributed by atoms with van der Waals surface area (Å²) >= 11 is 1.96. The first-order valence-electron chi connectivity index (χ1n) is 8.41. The molecule has 1 aromatic rings. The molecule has 126 valence electrons. The van der Waals surface area contributed by atoms with Crippen LogP contribution in [0.4, 0.5) is 4.39 Å². The van der Waals surface area contributed by atoms with Crippen molar-refractivity contribution in [3.63, 3.8) is 0 Å². The molecule has 2 atom stereocenters. The van der Waals surface area contributed by atoms with Crippen molar-refractivity contribution in [3.8, 4) is 0 Å². The molecular formula is C18H26FN3S. The summed E-state index contributed by atoms with van der Waals surface area (Å²) in [6.45, 7) is 0.814. The predicted molar refractivity (Wildman–Crippen MR) is 96.8 cm³/mol. The number of nitrogens with one attached hydrogen (secondary N) is 2. The van der Waals surface area contributed by atoms with Crippen molar-refractivity contribution >= 4 is 17.7 Å². The van der Waals surface area contributed by atoms with Gasteiger partial charge in [0.25, 0.3) is 0 Å². The lowest BCUT2D eigenvalue weighted by molar-refractivity contribution is 0.588. The van der Waals surface area contributed by atoms with Crippen LogP contribution in [0.5, 0.6) is 0 Å². The summed E-state index contributed by atoms with van der Waals surface area (Å²) in [6.07, 6.45) is 8.11. The number of halogens is 1. The van der Waals surface area contributed by atoms with Gasteiger partial charge in [0.15, 0.2) is 5.96 Å². The minimum Gasteiger partial charge on any atom is -0.356 e. The maximum Gasteiger partial charge on any atom is 0.191 e. The van der Waals surface area contributed by atoms with E-state index in [-0.39, 0.29) is 11.2 Å². The molecule has 5 heteroatoms. The van der Waals surface area contributed by atoms with Gasteiger partial charge in [0.2, 0.25) is 0 Å². The molecule has 2 aliphatic rings. The Balaban J connectivity index is 1.54. The van der Waals surface area contributed by atoms with Crippen LogP contribution in [0.3, 0.4) is 0 Å². The molecule has 0 aliphatic heterocycles. The molecule has 0 spiro atoms. The highest BCUT2D eigenvalue weighted by atomic mass is 32.2. The third kappa shape index (κ3) is 4.00. The van der Waals surface area contributed by atoms with Crippen LogP contribution in [-0.2, 0) is 5.41 Å². The van der Waals surface area contributed by atoms with Crippen molar-refractivity contribution in [2.24, 2.45) is 4.99 Å². The van der Waals surface area contributed by atoms with Gasteiger partial charge in [0.05, 0.1) is 0 Å². The Morgan fingerprint density at radius 3 is 2.83 bits per heavy atom. The number of guanidine groups is 1. The molecule has 2 unspecified atom stereocenters. The lowest BCUT2D eigenvalue weighted by Crippen LogP contribution is -2.45. The lowest BCUT2D eigenvalue weighted by atomic mass is 9.96. The standard InChI is InChI=1S/C18H26FN3S/c1-20-17(22-15-6-7-16(11-15)23-2)21-12-18(8-9-18)13-4-3-5-14(19)10-13/h3-5,10,15-16H,6-9,11-12H2,1-2H3,(H2,20,21,22). The maximum absolute atomic E-state index is 13.5. The summed E-state index contributed by atoms with van der Waals surface area (Å²) in [4.78, 5) is 4.36. The van der Waals surface area contributed by atoms with Gasteiger partial charge in [0, 0.05) is 30.3 Å². The number of aliphatic imine (C=N–C) groups is 1. The van der Waals surface area contributed by atoms with E-state index in [1.165, 1.54) is 25.3 Å².